The molecule has 8 heteroatoms. The molecule has 23 heavy (non-hydrogen) atoms. The zero-order valence-electron chi connectivity index (χ0n) is 12.2. The average molecular weight is 400 g/mol. The number of carbonyl (C=O) groups excluding carboxylic acids is 1. The monoisotopic (exact) mass is 399 g/mol. The fourth-order valence-electron chi connectivity index (χ4n) is 1.83. The Morgan fingerprint density at radius 1 is 1.17 bits per heavy atom. The van der Waals surface area contributed by atoms with Gasteiger partial charge in [0.2, 0.25) is 10.0 Å². The van der Waals surface area contributed by atoms with Gasteiger partial charge in [0.15, 0.2) is 0 Å². The number of carbonyl (C=O) groups is 1. The topological polar surface area (TPSA) is 95.7 Å². The molecule has 122 valence electrons. The van der Waals surface area contributed by atoms with Crippen LogP contribution in [0.15, 0.2) is 51.8 Å². The number of halogens is 1. The summed E-state index contributed by atoms with van der Waals surface area (Å²) in [5.41, 5.74) is 0.791. The Balaban J connectivity index is 2.22. The molecule has 0 spiro atoms. The van der Waals surface area contributed by atoms with Crippen LogP contribution in [-0.2, 0) is 21.4 Å². The van der Waals surface area contributed by atoms with Crippen molar-refractivity contribution in [2.75, 3.05) is 7.11 Å². The molecule has 2 aromatic carbocycles. The van der Waals surface area contributed by atoms with E-state index in [0.29, 0.717) is 0 Å². The fourth-order valence-corrected chi connectivity index (χ4v) is 2.64. The summed E-state index contributed by atoms with van der Waals surface area (Å²) in [6.45, 7) is 0.0505. The Kier molecular flexibility index (Phi) is 5.40. The van der Waals surface area contributed by atoms with Crippen molar-refractivity contribution in [3.63, 3.8) is 0 Å². The highest BCUT2D eigenvalue weighted by Crippen LogP contribution is 2.23. The van der Waals surface area contributed by atoms with E-state index >= 15 is 0 Å². The first-order valence-electron chi connectivity index (χ1n) is 6.43. The van der Waals surface area contributed by atoms with E-state index in [-0.39, 0.29) is 22.8 Å². The average Bonchev–Trinajstić information content (AvgIpc) is 2.52. The first kappa shape index (κ1) is 17.5. The highest BCUT2D eigenvalue weighted by Gasteiger charge is 2.18. The van der Waals surface area contributed by atoms with Gasteiger partial charge in [-0.3, -0.25) is 0 Å². The molecule has 0 aliphatic heterocycles. The highest BCUT2D eigenvalue weighted by molar-refractivity contribution is 9.10. The molecule has 0 radical (unpaired) electrons. The number of hydrogen-bond donors (Lipinski definition) is 1. The molecular formula is C15H14BrNO5S. The predicted molar refractivity (Wildman–Crippen MR) is 87.6 cm³/mol. The van der Waals surface area contributed by atoms with Gasteiger partial charge < -0.3 is 9.47 Å². The number of benzene rings is 2. The van der Waals surface area contributed by atoms with E-state index in [1.54, 1.807) is 12.1 Å². The van der Waals surface area contributed by atoms with Crippen LogP contribution in [0, 0.1) is 0 Å². The normalized spacial score (nSPS) is 11.1. The lowest BCUT2D eigenvalue weighted by molar-refractivity contribution is 0.0468. The van der Waals surface area contributed by atoms with Crippen molar-refractivity contribution >= 4 is 31.9 Å². The van der Waals surface area contributed by atoms with Crippen molar-refractivity contribution in [3.8, 4) is 5.75 Å². The van der Waals surface area contributed by atoms with Gasteiger partial charge in [-0.15, -0.1) is 0 Å². The third-order valence-corrected chi connectivity index (χ3v) is 4.44. The number of esters is 1. The molecule has 0 aromatic heterocycles. The summed E-state index contributed by atoms with van der Waals surface area (Å²) in [6.07, 6.45) is 0. The summed E-state index contributed by atoms with van der Waals surface area (Å²) in [5.74, 6) is -0.492. The number of ether oxygens (including phenoxy) is 2. The number of rotatable bonds is 5. The molecular weight excluding hydrogens is 386 g/mol. The van der Waals surface area contributed by atoms with Gasteiger partial charge in [-0.25, -0.2) is 18.4 Å². The molecule has 0 aliphatic carbocycles. The summed E-state index contributed by atoms with van der Waals surface area (Å²) >= 11 is 3.31. The van der Waals surface area contributed by atoms with Gasteiger partial charge in [-0.1, -0.05) is 28.1 Å². The van der Waals surface area contributed by atoms with E-state index in [9.17, 15) is 13.2 Å². The Hall–Kier alpha value is -1.90. The van der Waals surface area contributed by atoms with Crippen molar-refractivity contribution < 1.29 is 22.7 Å². The first-order valence-corrected chi connectivity index (χ1v) is 8.77. The molecule has 2 rings (SSSR count). The van der Waals surface area contributed by atoms with Crippen LogP contribution in [-0.4, -0.2) is 21.5 Å². The minimum absolute atomic E-state index is 0.00358. The molecule has 0 amide bonds. The van der Waals surface area contributed by atoms with Gasteiger partial charge in [0, 0.05) is 4.47 Å². The van der Waals surface area contributed by atoms with E-state index in [1.807, 2.05) is 12.1 Å². The van der Waals surface area contributed by atoms with Crippen LogP contribution in [0.4, 0.5) is 0 Å². The van der Waals surface area contributed by atoms with Gasteiger partial charge in [0.05, 0.1) is 12.0 Å². The van der Waals surface area contributed by atoms with Crippen LogP contribution in [0.2, 0.25) is 0 Å². The van der Waals surface area contributed by atoms with Gasteiger partial charge in [0.1, 0.15) is 17.9 Å². The molecule has 2 N–H and O–H groups in total. The second kappa shape index (κ2) is 7.12. The van der Waals surface area contributed by atoms with Crippen molar-refractivity contribution in [3.05, 3.63) is 58.1 Å². The Morgan fingerprint density at radius 3 is 2.39 bits per heavy atom. The second-order valence-electron chi connectivity index (χ2n) is 4.61. The van der Waals surface area contributed by atoms with E-state index < -0.39 is 16.0 Å². The number of nitrogens with two attached hydrogens (primary N) is 1. The van der Waals surface area contributed by atoms with Crippen LogP contribution < -0.4 is 9.88 Å². The van der Waals surface area contributed by atoms with Gasteiger partial charge in [0.25, 0.3) is 0 Å². The SMILES string of the molecule is COc1ccc(S(N)(=O)=O)cc1C(=O)OCc1ccc(Br)cc1. The second-order valence-corrected chi connectivity index (χ2v) is 7.09. The number of hydrogen-bond acceptors (Lipinski definition) is 5. The van der Waals surface area contributed by atoms with E-state index in [2.05, 4.69) is 15.9 Å². The summed E-state index contributed by atoms with van der Waals surface area (Å²) in [5, 5.41) is 5.07. The Bertz CT molecular complexity index is 818. The van der Waals surface area contributed by atoms with E-state index in [4.69, 9.17) is 14.6 Å². The number of methoxy groups -OCH3 is 1. The van der Waals surface area contributed by atoms with Gasteiger partial charge in [-0.05, 0) is 35.9 Å². The highest BCUT2D eigenvalue weighted by atomic mass is 79.9. The molecule has 0 saturated heterocycles. The van der Waals surface area contributed by atoms with Gasteiger partial charge in [-0.2, -0.15) is 0 Å². The first-order chi connectivity index (χ1) is 10.8. The molecule has 2 aromatic rings. The number of primary sulfonamides is 1. The molecule has 0 aliphatic rings. The van der Waals surface area contributed by atoms with Crippen LogP contribution in [0.3, 0.4) is 0 Å². The zero-order chi connectivity index (χ0) is 17.0. The third kappa shape index (κ3) is 4.54. The molecule has 0 atom stereocenters. The summed E-state index contributed by atoms with van der Waals surface area (Å²) in [4.78, 5) is 12.0. The van der Waals surface area contributed by atoms with Crippen molar-refractivity contribution in [2.24, 2.45) is 5.14 Å². The molecule has 0 fully saturated rings. The molecule has 0 saturated carbocycles. The summed E-state index contributed by atoms with van der Waals surface area (Å²) < 4.78 is 34.0. The van der Waals surface area contributed by atoms with Crippen LogP contribution in [0.25, 0.3) is 0 Å². The van der Waals surface area contributed by atoms with Gasteiger partial charge >= 0.3 is 5.97 Å². The zero-order valence-corrected chi connectivity index (χ0v) is 14.6. The molecule has 0 unspecified atom stereocenters. The maximum Gasteiger partial charge on any atom is 0.342 e. The van der Waals surface area contributed by atoms with E-state index in [1.165, 1.54) is 19.2 Å². The molecule has 6 nitrogen and oxygen atoms in total. The maximum atomic E-state index is 12.2. The van der Waals surface area contributed by atoms with Crippen LogP contribution in [0.1, 0.15) is 15.9 Å². The van der Waals surface area contributed by atoms with Crippen molar-refractivity contribution in [1.82, 2.24) is 0 Å². The minimum Gasteiger partial charge on any atom is -0.496 e. The quantitative estimate of drug-likeness (QED) is 0.778. The van der Waals surface area contributed by atoms with E-state index in [0.717, 1.165) is 16.1 Å². The predicted octanol–water partition coefficient (Wildman–Crippen LogP) is 2.46. The Labute approximate surface area is 142 Å². The largest absolute Gasteiger partial charge is 0.496 e. The third-order valence-electron chi connectivity index (χ3n) is 3.00. The summed E-state index contributed by atoms with van der Waals surface area (Å²) in [7, 11) is -2.55. The fraction of sp³-hybridized carbons (Fsp3) is 0.133. The van der Waals surface area contributed by atoms with Crippen molar-refractivity contribution in [2.45, 2.75) is 11.5 Å². The van der Waals surface area contributed by atoms with Crippen LogP contribution in [0.5, 0.6) is 5.75 Å². The number of sulfonamides is 1. The standard InChI is InChI=1S/C15H14BrNO5S/c1-21-14-7-6-12(23(17,19)20)8-13(14)15(18)22-9-10-2-4-11(16)5-3-10/h2-8H,9H2,1H3,(H2,17,19,20). The molecule has 0 heterocycles. The Morgan fingerprint density at radius 2 is 1.83 bits per heavy atom. The van der Waals surface area contributed by atoms with Crippen molar-refractivity contribution in [1.29, 1.82) is 0 Å². The smallest absolute Gasteiger partial charge is 0.342 e. The lowest BCUT2D eigenvalue weighted by atomic mass is 10.2. The van der Waals surface area contributed by atoms with Crippen LogP contribution >= 0.6 is 15.9 Å². The lowest BCUT2D eigenvalue weighted by Crippen LogP contribution is -2.14. The molecule has 0 bridgehead atoms. The minimum atomic E-state index is -3.92. The summed E-state index contributed by atoms with van der Waals surface area (Å²) in [6, 6.07) is 11.0. The lowest BCUT2D eigenvalue weighted by Gasteiger charge is -2.10. The maximum absolute atomic E-state index is 12.2.